The third kappa shape index (κ3) is 3.90. The second kappa shape index (κ2) is 6.03. The van der Waals surface area contributed by atoms with Crippen LogP contribution in [-0.4, -0.2) is 39.8 Å². The average Bonchev–Trinajstić information content (AvgIpc) is 2.48. The number of carbonyl (C=O) groups is 1. The zero-order valence-electron chi connectivity index (χ0n) is 16.2. The molecule has 0 bridgehead atoms. The Hall–Kier alpha value is -0.610. The van der Waals surface area contributed by atoms with Gasteiger partial charge in [0.1, 0.15) is 5.72 Å². The van der Waals surface area contributed by atoms with E-state index in [0.29, 0.717) is 0 Å². The lowest BCUT2D eigenvalue weighted by Gasteiger charge is -2.50. The maximum Gasteiger partial charge on any atom is 0.257 e. The van der Waals surface area contributed by atoms with Crippen LogP contribution in [0.1, 0.15) is 87.0 Å². The predicted octanol–water partition coefficient (Wildman–Crippen LogP) is 3.84. The molecule has 2 rings (SSSR count). The van der Waals surface area contributed by atoms with Gasteiger partial charge >= 0.3 is 0 Å². The molecule has 0 aromatic carbocycles. The van der Waals surface area contributed by atoms with Crippen LogP contribution in [0.3, 0.4) is 0 Å². The first kappa shape index (κ1) is 18.7. The molecule has 23 heavy (non-hydrogen) atoms. The number of rotatable bonds is 5. The SMILES string of the molecule is CCCCCCN1C(=O)C2(CC(C)(C)NC(C)(C)C2)OC1(C)C. The Labute approximate surface area is 142 Å². The van der Waals surface area contributed by atoms with Gasteiger partial charge in [0.2, 0.25) is 0 Å². The second-order valence-electron chi connectivity index (χ2n) is 9.31. The van der Waals surface area contributed by atoms with Crippen molar-refractivity contribution in [2.75, 3.05) is 6.54 Å². The molecule has 4 nitrogen and oxygen atoms in total. The first-order valence-electron chi connectivity index (χ1n) is 9.25. The summed E-state index contributed by atoms with van der Waals surface area (Å²) in [6.45, 7) is 15.8. The Bertz CT molecular complexity index is 438. The van der Waals surface area contributed by atoms with Crippen LogP contribution < -0.4 is 5.32 Å². The van der Waals surface area contributed by atoms with Crippen LogP contribution in [0, 0.1) is 0 Å². The lowest BCUT2D eigenvalue weighted by Crippen LogP contribution is -2.65. The molecule has 1 amide bonds. The van der Waals surface area contributed by atoms with Gasteiger partial charge in [-0.25, -0.2) is 0 Å². The molecule has 0 aromatic rings. The highest BCUT2D eigenvalue weighted by atomic mass is 16.6. The van der Waals surface area contributed by atoms with Crippen LogP contribution in [0.15, 0.2) is 0 Å². The first-order valence-corrected chi connectivity index (χ1v) is 9.25. The van der Waals surface area contributed by atoms with Gasteiger partial charge in [0.25, 0.3) is 5.91 Å². The van der Waals surface area contributed by atoms with Crippen molar-refractivity contribution in [3.63, 3.8) is 0 Å². The summed E-state index contributed by atoms with van der Waals surface area (Å²) in [7, 11) is 0. The highest BCUT2D eigenvalue weighted by Gasteiger charge is 2.61. The van der Waals surface area contributed by atoms with Crippen molar-refractivity contribution in [3.05, 3.63) is 0 Å². The molecule has 0 saturated carbocycles. The summed E-state index contributed by atoms with van der Waals surface area (Å²) in [4.78, 5) is 15.3. The van der Waals surface area contributed by atoms with E-state index in [4.69, 9.17) is 4.74 Å². The van der Waals surface area contributed by atoms with E-state index in [1.807, 2.05) is 18.7 Å². The molecule has 0 aromatic heterocycles. The minimum atomic E-state index is -0.674. The quantitative estimate of drug-likeness (QED) is 0.781. The molecule has 2 saturated heterocycles. The van der Waals surface area contributed by atoms with E-state index in [0.717, 1.165) is 25.8 Å². The molecule has 0 atom stereocenters. The third-order valence-corrected chi connectivity index (χ3v) is 5.10. The van der Waals surface area contributed by atoms with Crippen LogP contribution >= 0.6 is 0 Å². The Morgan fingerprint density at radius 2 is 1.57 bits per heavy atom. The van der Waals surface area contributed by atoms with Crippen LogP contribution in [0.25, 0.3) is 0 Å². The molecule has 2 fully saturated rings. The van der Waals surface area contributed by atoms with E-state index in [1.54, 1.807) is 0 Å². The van der Waals surface area contributed by atoms with Crippen molar-refractivity contribution in [1.82, 2.24) is 10.2 Å². The molecular weight excluding hydrogens is 288 g/mol. The van der Waals surface area contributed by atoms with Gasteiger partial charge in [0.05, 0.1) is 0 Å². The number of hydrogen-bond donors (Lipinski definition) is 1. The summed E-state index contributed by atoms with van der Waals surface area (Å²) in [5.41, 5.74) is -1.39. The highest BCUT2D eigenvalue weighted by molar-refractivity contribution is 5.88. The van der Waals surface area contributed by atoms with Crippen molar-refractivity contribution >= 4 is 5.91 Å². The summed E-state index contributed by atoms with van der Waals surface area (Å²) >= 11 is 0. The van der Waals surface area contributed by atoms with Crippen molar-refractivity contribution < 1.29 is 9.53 Å². The van der Waals surface area contributed by atoms with Gasteiger partial charge in [0, 0.05) is 30.5 Å². The summed E-state index contributed by atoms with van der Waals surface area (Å²) < 4.78 is 6.47. The highest BCUT2D eigenvalue weighted by Crippen LogP contribution is 2.47. The molecule has 0 radical (unpaired) electrons. The van der Waals surface area contributed by atoms with E-state index in [1.165, 1.54) is 19.3 Å². The molecule has 134 valence electrons. The van der Waals surface area contributed by atoms with Gasteiger partial charge in [-0.3, -0.25) is 4.79 Å². The zero-order valence-corrected chi connectivity index (χ0v) is 16.2. The zero-order chi connectivity index (χ0) is 17.5. The number of unbranched alkanes of at least 4 members (excludes halogenated alkanes) is 3. The van der Waals surface area contributed by atoms with Crippen molar-refractivity contribution in [2.24, 2.45) is 0 Å². The maximum atomic E-state index is 13.3. The van der Waals surface area contributed by atoms with Gasteiger partial charge in [0.15, 0.2) is 5.60 Å². The van der Waals surface area contributed by atoms with E-state index in [9.17, 15) is 4.79 Å². The van der Waals surface area contributed by atoms with Gasteiger partial charge < -0.3 is 15.0 Å². The molecule has 2 aliphatic heterocycles. The molecule has 0 aliphatic carbocycles. The number of carbonyl (C=O) groups excluding carboxylic acids is 1. The average molecular weight is 325 g/mol. The minimum Gasteiger partial charge on any atom is -0.340 e. The Morgan fingerprint density at radius 1 is 1.00 bits per heavy atom. The fourth-order valence-corrected chi connectivity index (χ4v) is 4.85. The molecule has 4 heteroatoms. The fraction of sp³-hybridized carbons (Fsp3) is 0.947. The standard InChI is InChI=1S/C19H36N2O2/c1-8-9-10-11-12-21-15(22)19(23-18(21,6)7)13-16(2,3)20-17(4,5)14-19/h20H,8-14H2,1-7H3. The summed E-state index contributed by atoms with van der Waals surface area (Å²) in [6, 6.07) is 0. The number of nitrogens with one attached hydrogen (secondary N) is 1. The van der Waals surface area contributed by atoms with Gasteiger partial charge in [-0.15, -0.1) is 0 Å². The number of ether oxygens (including phenoxy) is 1. The van der Waals surface area contributed by atoms with E-state index in [-0.39, 0.29) is 17.0 Å². The van der Waals surface area contributed by atoms with Crippen LogP contribution in [0.2, 0.25) is 0 Å². The second-order valence-corrected chi connectivity index (χ2v) is 9.31. The van der Waals surface area contributed by atoms with Crippen LogP contribution in [0.4, 0.5) is 0 Å². The summed E-state index contributed by atoms with van der Waals surface area (Å²) in [5, 5.41) is 3.66. The van der Waals surface area contributed by atoms with E-state index in [2.05, 4.69) is 39.9 Å². The van der Waals surface area contributed by atoms with Gasteiger partial charge in [-0.2, -0.15) is 0 Å². The third-order valence-electron chi connectivity index (χ3n) is 5.10. The fourth-order valence-electron chi connectivity index (χ4n) is 4.85. The number of piperidine rings is 1. The molecular formula is C19H36N2O2. The minimum absolute atomic E-state index is 0.105. The predicted molar refractivity (Wildman–Crippen MR) is 94.3 cm³/mol. The van der Waals surface area contributed by atoms with Crippen molar-refractivity contribution in [2.45, 2.75) is 109 Å². The van der Waals surface area contributed by atoms with E-state index < -0.39 is 11.3 Å². The molecule has 0 unspecified atom stereocenters. The monoisotopic (exact) mass is 324 g/mol. The lowest BCUT2D eigenvalue weighted by atomic mass is 9.72. The lowest BCUT2D eigenvalue weighted by molar-refractivity contribution is -0.157. The van der Waals surface area contributed by atoms with Gasteiger partial charge in [-0.05, 0) is 48.0 Å². The Morgan fingerprint density at radius 3 is 2.09 bits per heavy atom. The van der Waals surface area contributed by atoms with Crippen molar-refractivity contribution in [3.8, 4) is 0 Å². The van der Waals surface area contributed by atoms with Crippen molar-refractivity contribution in [1.29, 1.82) is 0 Å². The van der Waals surface area contributed by atoms with Crippen LogP contribution in [-0.2, 0) is 9.53 Å². The molecule has 2 heterocycles. The molecule has 2 aliphatic rings. The number of nitrogens with zero attached hydrogens (tertiary/aromatic N) is 1. The smallest absolute Gasteiger partial charge is 0.257 e. The number of hydrogen-bond acceptors (Lipinski definition) is 3. The van der Waals surface area contributed by atoms with E-state index >= 15 is 0 Å². The largest absolute Gasteiger partial charge is 0.340 e. The molecule has 1 N–H and O–H groups in total. The summed E-state index contributed by atoms with van der Waals surface area (Å²) in [5.74, 6) is 0.196. The topological polar surface area (TPSA) is 41.6 Å². The summed E-state index contributed by atoms with van der Waals surface area (Å²) in [6.07, 6.45) is 6.16. The maximum absolute atomic E-state index is 13.3. The van der Waals surface area contributed by atoms with Crippen LogP contribution in [0.5, 0.6) is 0 Å². The normalized spacial score (nSPS) is 27.6. The Balaban J connectivity index is 2.19. The first-order chi connectivity index (χ1) is 10.4. The Kier molecular flexibility index (Phi) is 4.91. The number of amides is 1. The molecule has 1 spiro atoms. The van der Waals surface area contributed by atoms with Gasteiger partial charge in [-0.1, -0.05) is 26.2 Å².